The lowest BCUT2D eigenvalue weighted by Crippen LogP contribution is -2.34. The van der Waals surface area contributed by atoms with Gasteiger partial charge in [-0.25, -0.2) is 9.78 Å². The van der Waals surface area contributed by atoms with E-state index >= 15 is 0 Å². The van der Waals surface area contributed by atoms with E-state index in [9.17, 15) is 9.59 Å². The molecule has 146 valence electrons. The predicted octanol–water partition coefficient (Wildman–Crippen LogP) is 4.59. The van der Waals surface area contributed by atoms with Crippen LogP contribution >= 0.6 is 11.3 Å². The molecular weight excluding hydrogens is 362 g/mol. The van der Waals surface area contributed by atoms with Crippen LogP contribution in [0.1, 0.15) is 43.9 Å². The van der Waals surface area contributed by atoms with Crippen LogP contribution in [0.2, 0.25) is 0 Å². The van der Waals surface area contributed by atoms with Gasteiger partial charge in [0, 0.05) is 23.9 Å². The van der Waals surface area contributed by atoms with Gasteiger partial charge < -0.3 is 15.4 Å². The van der Waals surface area contributed by atoms with Gasteiger partial charge in [-0.15, -0.1) is 11.3 Å². The first-order chi connectivity index (χ1) is 12.5. The number of aromatic nitrogens is 1. The van der Waals surface area contributed by atoms with Gasteiger partial charge in [0.15, 0.2) is 5.13 Å². The maximum atomic E-state index is 12.1. The van der Waals surface area contributed by atoms with E-state index in [0.29, 0.717) is 5.13 Å². The van der Waals surface area contributed by atoms with E-state index in [1.165, 1.54) is 22.5 Å². The molecule has 7 heteroatoms. The van der Waals surface area contributed by atoms with Crippen molar-refractivity contribution >= 4 is 28.5 Å². The van der Waals surface area contributed by atoms with E-state index in [0.717, 1.165) is 16.8 Å². The Bertz CT molecular complexity index is 837. The summed E-state index contributed by atoms with van der Waals surface area (Å²) < 4.78 is 5.13. The number of thiazole rings is 1. The number of nitrogens with one attached hydrogen (secondary N) is 2. The van der Waals surface area contributed by atoms with Crippen molar-refractivity contribution in [1.82, 2.24) is 10.3 Å². The number of hydrogen-bond donors (Lipinski definition) is 2. The Morgan fingerprint density at radius 2 is 1.78 bits per heavy atom. The van der Waals surface area contributed by atoms with Crippen LogP contribution in [0.3, 0.4) is 0 Å². The molecule has 2 N–H and O–H groups in total. The molecule has 0 atom stereocenters. The quantitative estimate of drug-likeness (QED) is 0.784. The number of hydrogen-bond acceptors (Lipinski definition) is 5. The fraction of sp³-hybridized carbons (Fsp3) is 0.450. The highest BCUT2D eigenvalue weighted by Gasteiger charge is 2.16. The van der Waals surface area contributed by atoms with E-state index in [1.54, 1.807) is 20.8 Å². The molecule has 0 aliphatic rings. The Morgan fingerprint density at radius 1 is 1.11 bits per heavy atom. The van der Waals surface area contributed by atoms with Gasteiger partial charge in [-0.05, 0) is 64.3 Å². The molecule has 2 rings (SSSR count). The molecular formula is C20H27N3O3S. The van der Waals surface area contributed by atoms with E-state index in [1.807, 2.05) is 5.38 Å². The van der Waals surface area contributed by atoms with Crippen molar-refractivity contribution in [2.75, 3.05) is 11.9 Å². The minimum atomic E-state index is -0.559. The van der Waals surface area contributed by atoms with Crippen molar-refractivity contribution in [3.63, 3.8) is 0 Å². The number of rotatable bonds is 5. The zero-order valence-corrected chi connectivity index (χ0v) is 17.5. The Labute approximate surface area is 164 Å². The van der Waals surface area contributed by atoms with Crippen molar-refractivity contribution in [1.29, 1.82) is 0 Å². The predicted molar refractivity (Wildman–Crippen MR) is 109 cm³/mol. The summed E-state index contributed by atoms with van der Waals surface area (Å²) in [5.41, 5.74) is 4.97. The third-order valence-electron chi connectivity index (χ3n) is 3.89. The fourth-order valence-corrected chi connectivity index (χ4v) is 3.19. The van der Waals surface area contributed by atoms with Gasteiger partial charge in [-0.1, -0.05) is 6.07 Å². The lowest BCUT2D eigenvalue weighted by molar-refractivity contribution is -0.116. The average Bonchev–Trinajstić information content (AvgIpc) is 2.97. The van der Waals surface area contributed by atoms with Crippen molar-refractivity contribution in [2.24, 2.45) is 0 Å². The number of alkyl carbamates (subject to hydrolysis) is 1. The van der Waals surface area contributed by atoms with Gasteiger partial charge >= 0.3 is 6.09 Å². The minimum Gasteiger partial charge on any atom is -0.444 e. The Balaban J connectivity index is 1.89. The number of aryl methyl sites for hydroxylation is 3. The van der Waals surface area contributed by atoms with Crippen LogP contribution in [0.15, 0.2) is 17.5 Å². The minimum absolute atomic E-state index is 0.150. The normalized spacial score (nSPS) is 11.2. The van der Waals surface area contributed by atoms with Crippen LogP contribution in [0.5, 0.6) is 0 Å². The second-order valence-corrected chi connectivity index (χ2v) is 8.37. The lowest BCUT2D eigenvalue weighted by atomic mass is 9.99. The molecule has 6 nitrogen and oxygen atoms in total. The van der Waals surface area contributed by atoms with Gasteiger partial charge in [-0.3, -0.25) is 4.79 Å². The second-order valence-electron chi connectivity index (χ2n) is 7.52. The maximum Gasteiger partial charge on any atom is 0.407 e. The topological polar surface area (TPSA) is 80.3 Å². The number of ether oxygens (including phenoxy) is 1. The molecule has 0 fully saturated rings. The van der Waals surface area contributed by atoms with Crippen molar-refractivity contribution in [2.45, 2.75) is 53.6 Å². The van der Waals surface area contributed by atoms with Gasteiger partial charge in [0.05, 0.1) is 5.69 Å². The number of anilines is 1. The third-order valence-corrected chi connectivity index (χ3v) is 4.65. The van der Waals surface area contributed by atoms with Crippen molar-refractivity contribution in [3.05, 3.63) is 34.2 Å². The summed E-state index contributed by atoms with van der Waals surface area (Å²) >= 11 is 1.38. The second kappa shape index (κ2) is 8.52. The highest BCUT2D eigenvalue weighted by Crippen LogP contribution is 2.29. The number of amides is 2. The molecule has 2 amide bonds. The molecule has 0 radical (unpaired) electrons. The standard InChI is InChI=1S/C20H27N3O3S/c1-12-9-14(3)15(10-13(12)2)16-11-27-18(22-16)23-17(24)7-8-21-19(25)26-20(4,5)6/h9-11H,7-8H2,1-6H3,(H,21,25)(H,22,23,24). The summed E-state index contributed by atoms with van der Waals surface area (Å²) in [6, 6.07) is 4.26. The zero-order valence-electron chi connectivity index (χ0n) is 16.7. The van der Waals surface area contributed by atoms with E-state index < -0.39 is 11.7 Å². The summed E-state index contributed by atoms with van der Waals surface area (Å²) in [5.74, 6) is -0.205. The van der Waals surface area contributed by atoms with Crippen LogP contribution in [-0.2, 0) is 9.53 Å². The maximum absolute atomic E-state index is 12.1. The Kier molecular flexibility index (Phi) is 6.59. The summed E-state index contributed by atoms with van der Waals surface area (Å²) in [4.78, 5) is 28.1. The molecule has 0 unspecified atom stereocenters. The molecule has 0 aliphatic carbocycles. The number of benzene rings is 1. The molecule has 1 aromatic heterocycles. The number of carbonyl (C=O) groups excluding carboxylic acids is 2. The highest BCUT2D eigenvalue weighted by molar-refractivity contribution is 7.14. The third kappa shape index (κ3) is 6.36. The number of nitrogens with zero attached hydrogens (tertiary/aromatic N) is 1. The molecule has 1 heterocycles. The molecule has 0 aliphatic heterocycles. The van der Waals surface area contributed by atoms with Crippen molar-refractivity contribution < 1.29 is 14.3 Å². The SMILES string of the molecule is Cc1cc(C)c(-c2csc(NC(=O)CCNC(=O)OC(C)(C)C)n2)cc1C. The van der Waals surface area contributed by atoms with Crippen LogP contribution in [0.4, 0.5) is 9.93 Å². The summed E-state index contributed by atoms with van der Waals surface area (Å²) in [6.45, 7) is 11.8. The largest absolute Gasteiger partial charge is 0.444 e. The Morgan fingerprint density at radius 3 is 2.44 bits per heavy atom. The molecule has 0 saturated heterocycles. The summed E-state index contributed by atoms with van der Waals surface area (Å²) in [6.07, 6.45) is -0.381. The average molecular weight is 390 g/mol. The van der Waals surface area contributed by atoms with Crippen molar-refractivity contribution in [3.8, 4) is 11.3 Å². The highest BCUT2D eigenvalue weighted by atomic mass is 32.1. The number of carbonyl (C=O) groups is 2. The van der Waals surface area contributed by atoms with E-state index in [2.05, 4.69) is 48.5 Å². The fourth-order valence-electron chi connectivity index (χ4n) is 2.47. The van der Waals surface area contributed by atoms with Gasteiger partial charge in [0.2, 0.25) is 5.91 Å². The molecule has 0 bridgehead atoms. The van der Waals surface area contributed by atoms with E-state index in [4.69, 9.17) is 4.74 Å². The zero-order chi connectivity index (χ0) is 20.2. The summed E-state index contributed by atoms with van der Waals surface area (Å²) in [7, 11) is 0. The first-order valence-electron chi connectivity index (χ1n) is 8.85. The van der Waals surface area contributed by atoms with Crippen LogP contribution in [-0.4, -0.2) is 29.1 Å². The van der Waals surface area contributed by atoms with Crippen LogP contribution in [0.25, 0.3) is 11.3 Å². The summed E-state index contributed by atoms with van der Waals surface area (Å²) in [5, 5.41) is 7.83. The monoisotopic (exact) mass is 389 g/mol. The Hall–Kier alpha value is -2.41. The van der Waals surface area contributed by atoms with Gasteiger partial charge in [0.25, 0.3) is 0 Å². The van der Waals surface area contributed by atoms with E-state index in [-0.39, 0.29) is 18.9 Å². The molecule has 1 aromatic carbocycles. The lowest BCUT2D eigenvalue weighted by Gasteiger charge is -2.19. The van der Waals surface area contributed by atoms with Gasteiger partial charge in [0.1, 0.15) is 5.60 Å². The molecule has 0 saturated carbocycles. The molecule has 2 aromatic rings. The first-order valence-corrected chi connectivity index (χ1v) is 9.73. The van der Waals surface area contributed by atoms with Crippen LogP contribution in [0, 0.1) is 20.8 Å². The molecule has 27 heavy (non-hydrogen) atoms. The van der Waals surface area contributed by atoms with Gasteiger partial charge in [-0.2, -0.15) is 0 Å². The smallest absolute Gasteiger partial charge is 0.407 e. The molecule has 0 spiro atoms. The first kappa shape index (κ1) is 20.9. The van der Waals surface area contributed by atoms with Crippen LogP contribution < -0.4 is 10.6 Å².